The number of ether oxygens (including phenoxy) is 1. The van der Waals surface area contributed by atoms with Crippen molar-refractivity contribution in [1.82, 2.24) is 14.9 Å². The second-order valence-electron chi connectivity index (χ2n) is 5.52. The molecule has 0 radical (unpaired) electrons. The van der Waals surface area contributed by atoms with E-state index in [4.69, 9.17) is 4.74 Å². The Morgan fingerprint density at radius 3 is 2.57 bits per heavy atom. The predicted molar refractivity (Wildman–Crippen MR) is 87.9 cm³/mol. The maximum absolute atomic E-state index is 12.4. The fourth-order valence-electron chi connectivity index (χ4n) is 2.64. The molecule has 0 saturated carbocycles. The summed E-state index contributed by atoms with van der Waals surface area (Å²) in [4.78, 5) is 24.8. The second kappa shape index (κ2) is 6.64. The van der Waals surface area contributed by atoms with Gasteiger partial charge in [-0.2, -0.15) is 0 Å². The van der Waals surface area contributed by atoms with Crippen molar-refractivity contribution in [2.45, 2.75) is 6.92 Å². The molecule has 23 heavy (non-hydrogen) atoms. The van der Waals surface area contributed by atoms with E-state index in [1.54, 1.807) is 19.5 Å². The molecule has 1 aliphatic heterocycles. The molecule has 6 heteroatoms. The lowest BCUT2D eigenvalue weighted by Gasteiger charge is -2.36. The molecule has 0 N–H and O–H groups in total. The van der Waals surface area contributed by atoms with Crippen LogP contribution in [0.3, 0.4) is 0 Å². The summed E-state index contributed by atoms with van der Waals surface area (Å²) in [6, 6.07) is 7.99. The van der Waals surface area contributed by atoms with E-state index in [1.165, 1.54) is 0 Å². The SMILES string of the molecule is COc1cccc(N2CCN(C(=O)c3cnc(C)cn3)CC2)c1. The van der Waals surface area contributed by atoms with Gasteiger partial charge in [-0.3, -0.25) is 9.78 Å². The van der Waals surface area contributed by atoms with E-state index in [2.05, 4.69) is 20.9 Å². The molecule has 0 bridgehead atoms. The first kappa shape index (κ1) is 15.3. The third-order valence-corrected chi connectivity index (χ3v) is 3.99. The summed E-state index contributed by atoms with van der Waals surface area (Å²) in [6.07, 6.45) is 3.17. The summed E-state index contributed by atoms with van der Waals surface area (Å²) in [5.41, 5.74) is 2.33. The van der Waals surface area contributed by atoms with E-state index in [0.717, 1.165) is 30.2 Å². The summed E-state index contributed by atoms with van der Waals surface area (Å²) < 4.78 is 5.27. The molecule has 1 amide bonds. The molecule has 1 fully saturated rings. The standard InChI is InChI=1S/C17H20N4O2/c1-13-11-19-16(12-18-13)17(22)21-8-6-20(7-9-21)14-4-3-5-15(10-14)23-2/h3-5,10-12H,6-9H2,1-2H3. The minimum atomic E-state index is -0.0530. The first-order valence-corrected chi connectivity index (χ1v) is 7.64. The molecule has 1 saturated heterocycles. The molecular formula is C17H20N4O2. The van der Waals surface area contributed by atoms with Crippen molar-refractivity contribution in [1.29, 1.82) is 0 Å². The quantitative estimate of drug-likeness (QED) is 0.864. The van der Waals surface area contributed by atoms with Crippen LogP contribution in [0.5, 0.6) is 5.75 Å². The summed E-state index contributed by atoms with van der Waals surface area (Å²) in [6.45, 7) is 4.78. The molecule has 3 rings (SSSR count). The van der Waals surface area contributed by atoms with Crippen molar-refractivity contribution in [3.05, 3.63) is 48.0 Å². The van der Waals surface area contributed by atoms with Crippen molar-refractivity contribution >= 4 is 11.6 Å². The van der Waals surface area contributed by atoms with Crippen molar-refractivity contribution in [3.63, 3.8) is 0 Å². The first-order chi connectivity index (χ1) is 11.2. The zero-order valence-electron chi connectivity index (χ0n) is 13.4. The van der Waals surface area contributed by atoms with Crippen LogP contribution >= 0.6 is 0 Å². The van der Waals surface area contributed by atoms with Crippen LogP contribution in [0.1, 0.15) is 16.2 Å². The number of benzene rings is 1. The van der Waals surface area contributed by atoms with Gasteiger partial charge in [0, 0.05) is 44.1 Å². The van der Waals surface area contributed by atoms with E-state index in [1.807, 2.05) is 30.0 Å². The Bertz CT molecular complexity index is 679. The van der Waals surface area contributed by atoms with Crippen LogP contribution in [0.15, 0.2) is 36.7 Å². The van der Waals surface area contributed by atoms with Gasteiger partial charge in [-0.05, 0) is 19.1 Å². The topological polar surface area (TPSA) is 58.6 Å². The highest BCUT2D eigenvalue weighted by Crippen LogP contribution is 2.22. The van der Waals surface area contributed by atoms with Gasteiger partial charge in [0.05, 0.1) is 19.0 Å². The van der Waals surface area contributed by atoms with Gasteiger partial charge in [-0.15, -0.1) is 0 Å². The number of carbonyl (C=O) groups excluding carboxylic acids is 1. The third-order valence-electron chi connectivity index (χ3n) is 3.99. The zero-order chi connectivity index (χ0) is 16.2. The number of anilines is 1. The highest BCUT2D eigenvalue weighted by Gasteiger charge is 2.23. The average Bonchev–Trinajstić information content (AvgIpc) is 2.62. The van der Waals surface area contributed by atoms with Crippen LogP contribution < -0.4 is 9.64 Å². The van der Waals surface area contributed by atoms with Crippen LogP contribution in [0, 0.1) is 6.92 Å². The summed E-state index contributed by atoms with van der Waals surface area (Å²) in [5.74, 6) is 0.790. The summed E-state index contributed by atoms with van der Waals surface area (Å²) in [5, 5.41) is 0. The Balaban J connectivity index is 1.63. The van der Waals surface area contributed by atoms with Crippen LogP contribution in [0.4, 0.5) is 5.69 Å². The number of hydrogen-bond donors (Lipinski definition) is 0. The molecule has 0 atom stereocenters. The van der Waals surface area contributed by atoms with Gasteiger partial charge in [-0.1, -0.05) is 6.07 Å². The molecule has 120 valence electrons. The van der Waals surface area contributed by atoms with E-state index in [9.17, 15) is 4.79 Å². The number of piperazine rings is 1. The Morgan fingerprint density at radius 1 is 1.13 bits per heavy atom. The number of carbonyl (C=O) groups is 1. The molecule has 1 aromatic heterocycles. The molecule has 0 unspecified atom stereocenters. The monoisotopic (exact) mass is 312 g/mol. The minimum Gasteiger partial charge on any atom is -0.497 e. The van der Waals surface area contributed by atoms with Gasteiger partial charge in [0.25, 0.3) is 5.91 Å². The Morgan fingerprint density at radius 2 is 1.91 bits per heavy atom. The average molecular weight is 312 g/mol. The Kier molecular flexibility index (Phi) is 4.41. The van der Waals surface area contributed by atoms with Gasteiger partial charge in [0.2, 0.25) is 0 Å². The minimum absolute atomic E-state index is 0.0530. The normalized spacial score (nSPS) is 14.7. The maximum Gasteiger partial charge on any atom is 0.274 e. The largest absolute Gasteiger partial charge is 0.497 e. The van der Waals surface area contributed by atoms with Crippen molar-refractivity contribution in [2.24, 2.45) is 0 Å². The molecule has 2 heterocycles. The van der Waals surface area contributed by atoms with Crippen molar-refractivity contribution in [2.75, 3.05) is 38.2 Å². The number of hydrogen-bond acceptors (Lipinski definition) is 5. The number of rotatable bonds is 3. The molecule has 1 aliphatic rings. The number of aryl methyl sites for hydroxylation is 1. The first-order valence-electron chi connectivity index (χ1n) is 7.64. The van der Waals surface area contributed by atoms with Gasteiger partial charge in [0.15, 0.2) is 0 Å². The lowest BCUT2D eigenvalue weighted by molar-refractivity contribution is 0.0740. The summed E-state index contributed by atoms with van der Waals surface area (Å²) >= 11 is 0. The van der Waals surface area contributed by atoms with Crippen molar-refractivity contribution < 1.29 is 9.53 Å². The molecule has 0 spiro atoms. The second-order valence-corrected chi connectivity index (χ2v) is 5.52. The van der Waals surface area contributed by atoms with Crippen LogP contribution in [-0.4, -0.2) is 54.1 Å². The molecule has 2 aromatic rings. The highest BCUT2D eigenvalue weighted by atomic mass is 16.5. The van der Waals surface area contributed by atoms with Gasteiger partial charge < -0.3 is 14.5 Å². The Labute approximate surface area is 135 Å². The highest BCUT2D eigenvalue weighted by molar-refractivity contribution is 5.92. The van der Waals surface area contributed by atoms with E-state index in [0.29, 0.717) is 18.8 Å². The van der Waals surface area contributed by atoms with E-state index in [-0.39, 0.29) is 5.91 Å². The lowest BCUT2D eigenvalue weighted by Crippen LogP contribution is -2.49. The number of nitrogens with zero attached hydrogens (tertiary/aromatic N) is 4. The predicted octanol–water partition coefficient (Wildman–Crippen LogP) is 1.76. The number of methoxy groups -OCH3 is 1. The van der Waals surface area contributed by atoms with Gasteiger partial charge in [0.1, 0.15) is 11.4 Å². The molecule has 0 aliphatic carbocycles. The summed E-state index contributed by atoms with van der Waals surface area (Å²) in [7, 11) is 1.67. The zero-order valence-corrected chi connectivity index (χ0v) is 13.4. The van der Waals surface area contributed by atoms with Gasteiger partial charge >= 0.3 is 0 Å². The van der Waals surface area contributed by atoms with Crippen LogP contribution in [0.25, 0.3) is 0 Å². The van der Waals surface area contributed by atoms with Crippen LogP contribution in [0.2, 0.25) is 0 Å². The molecule has 6 nitrogen and oxygen atoms in total. The van der Waals surface area contributed by atoms with E-state index >= 15 is 0 Å². The van der Waals surface area contributed by atoms with E-state index < -0.39 is 0 Å². The molecule has 1 aromatic carbocycles. The number of amides is 1. The number of aromatic nitrogens is 2. The third kappa shape index (κ3) is 3.41. The Hall–Kier alpha value is -2.63. The van der Waals surface area contributed by atoms with Crippen LogP contribution in [-0.2, 0) is 0 Å². The lowest BCUT2D eigenvalue weighted by atomic mass is 10.2. The van der Waals surface area contributed by atoms with Crippen molar-refractivity contribution in [3.8, 4) is 5.75 Å². The maximum atomic E-state index is 12.4. The van der Waals surface area contributed by atoms with Gasteiger partial charge in [-0.25, -0.2) is 4.98 Å². The smallest absolute Gasteiger partial charge is 0.274 e. The molecular weight excluding hydrogens is 292 g/mol. The fraction of sp³-hybridized carbons (Fsp3) is 0.353. The fourth-order valence-corrected chi connectivity index (χ4v) is 2.64.